The molecule has 158 valence electrons. The number of benzene rings is 1. The minimum Gasteiger partial charge on any atom is -0.481 e. The zero-order valence-electron chi connectivity index (χ0n) is 15.9. The number of hydrogen-bond donors (Lipinski definition) is 0. The molecule has 0 aliphatic carbocycles. The molecule has 0 bridgehead atoms. The summed E-state index contributed by atoms with van der Waals surface area (Å²) >= 11 is 5.92. The van der Waals surface area contributed by atoms with Crippen molar-refractivity contribution in [1.29, 1.82) is 0 Å². The van der Waals surface area contributed by atoms with Gasteiger partial charge in [-0.15, -0.1) is 0 Å². The van der Waals surface area contributed by atoms with E-state index in [0.29, 0.717) is 16.8 Å². The molecule has 0 N–H and O–H groups in total. The van der Waals surface area contributed by atoms with Gasteiger partial charge >= 0.3 is 6.18 Å². The van der Waals surface area contributed by atoms with Crippen LogP contribution in [0.2, 0.25) is 5.02 Å². The Morgan fingerprint density at radius 1 is 1.03 bits per heavy atom. The van der Waals surface area contributed by atoms with Crippen molar-refractivity contribution in [3.63, 3.8) is 0 Å². The topological polar surface area (TPSA) is 72.4 Å². The van der Waals surface area contributed by atoms with E-state index in [9.17, 15) is 22.8 Å². The maximum Gasteiger partial charge on any atom is 0.417 e. The number of anilines is 1. The second-order valence-electron chi connectivity index (χ2n) is 6.68. The van der Waals surface area contributed by atoms with Crippen LogP contribution in [0.4, 0.5) is 18.9 Å². The van der Waals surface area contributed by atoms with Gasteiger partial charge in [-0.1, -0.05) is 23.7 Å². The van der Waals surface area contributed by atoms with Gasteiger partial charge in [-0.25, -0.2) is 9.88 Å². The van der Waals surface area contributed by atoms with Crippen LogP contribution in [0.3, 0.4) is 0 Å². The molecule has 0 spiro atoms. The number of halogens is 4. The molecule has 1 aromatic carbocycles. The standard InChI is InChI=1S/C21H13ClF3N3O3/c1-31-16-7-6-14(10-26-16)28-19(29)17(11-2-4-13(22)5-3-11)15-8-12(21(23,24)25)9-27-18(15)20(28)30/h2-10,17H,1H3. The fourth-order valence-electron chi connectivity index (χ4n) is 3.35. The first-order valence-electron chi connectivity index (χ1n) is 8.91. The average molecular weight is 448 g/mol. The molecule has 1 unspecified atom stereocenters. The molecule has 2 aromatic heterocycles. The molecule has 3 aromatic rings. The van der Waals surface area contributed by atoms with Crippen LogP contribution >= 0.6 is 11.6 Å². The molecule has 1 aliphatic heterocycles. The summed E-state index contributed by atoms with van der Waals surface area (Å²) in [6.07, 6.45) is -2.84. The lowest BCUT2D eigenvalue weighted by molar-refractivity contribution is -0.138. The van der Waals surface area contributed by atoms with Crippen molar-refractivity contribution in [2.75, 3.05) is 12.0 Å². The zero-order valence-corrected chi connectivity index (χ0v) is 16.6. The Labute approximate surface area is 179 Å². The Bertz CT molecular complexity index is 1170. The van der Waals surface area contributed by atoms with Gasteiger partial charge in [0, 0.05) is 22.8 Å². The molecule has 3 heterocycles. The van der Waals surface area contributed by atoms with Crippen LogP contribution in [0, 0.1) is 0 Å². The van der Waals surface area contributed by atoms with E-state index >= 15 is 0 Å². The Balaban J connectivity index is 1.91. The van der Waals surface area contributed by atoms with Gasteiger partial charge in [0.15, 0.2) is 0 Å². The van der Waals surface area contributed by atoms with E-state index in [0.717, 1.165) is 11.0 Å². The summed E-state index contributed by atoms with van der Waals surface area (Å²) in [5.41, 5.74) is -0.906. The van der Waals surface area contributed by atoms with Crippen molar-refractivity contribution in [1.82, 2.24) is 9.97 Å². The van der Waals surface area contributed by atoms with Gasteiger partial charge in [0.25, 0.3) is 5.91 Å². The molecule has 0 saturated carbocycles. The van der Waals surface area contributed by atoms with Crippen LogP contribution in [0.15, 0.2) is 54.9 Å². The monoisotopic (exact) mass is 447 g/mol. The smallest absolute Gasteiger partial charge is 0.417 e. The highest BCUT2D eigenvalue weighted by Crippen LogP contribution is 2.39. The van der Waals surface area contributed by atoms with Crippen LogP contribution in [0.1, 0.15) is 33.1 Å². The third-order valence-corrected chi connectivity index (χ3v) is 5.07. The number of nitrogens with zero attached hydrogens (tertiary/aromatic N) is 3. The van der Waals surface area contributed by atoms with Gasteiger partial charge in [0.2, 0.25) is 11.8 Å². The third-order valence-electron chi connectivity index (χ3n) is 4.82. The molecule has 6 nitrogen and oxygen atoms in total. The highest BCUT2D eigenvalue weighted by Gasteiger charge is 2.43. The quantitative estimate of drug-likeness (QED) is 0.554. The number of carbonyl (C=O) groups is 2. The van der Waals surface area contributed by atoms with Crippen LogP contribution in [0.25, 0.3) is 0 Å². The Morgan fingerprint density at radius 3 is 2.32 bits per heavy atom. The van der Waals surface area contributed by atoms with E-state index < -0.39 is 29.5 Å². The number of aromatic nitrogens is 2. The molecule has 1 atom stereocenters. The molecule has 4 rings (SSSR count). The maximum atomic E-state index is 13.4. The lowest BCUT2D eigenvalue weighted by Crippen LogP contribution is -2.46. The van der Waals surface area contributed by atoms with E-state index in [1.54, 1.807) is 0 Å². The fourth-order valence-corrected chi connectivity index (χ4v) is 3.48. The van der Waals surface area contributed by atoms with Crippen molar-refractivity contribution in [2.24, 2.45) is 0 Å². The van der Waals surface area contributed by atoms with Crippen LogP contribution in [0.5, 0.6) is 5.88 Å². The Kier molecular flexibility index (Phi) is 5.14. The number of amides is 2. The lowest BCUT2D eigenvalue weighted by atomic mass is 9.85. The van der Waals surface area contributed by atoms with Crippen LogP contribution in [-0.4, -0.2) is 28.9 Å². The summed E-state index contributed by atoms with van der Waals surface area (Å²) in [6, 6.07) is 9.78. The van der Waals surface area contributed by atoms with Gasteiger partial charge in [0.05, 0.1) is 30.5 Å². The molecule has 31 heavy (non-hydrogen) atoms. The number of pyridine rings is 2. The van der Waals surface area contributed by atoms with Gasteiger partial charge in [-0.3, -0.25) is 14.6 Å². The van der Waals surface area contributed by atoms with E-state index in [1.165, 1.54) is 49.7 Å². The second-order valence-corrected chi connectivity index (χ2v) is 7.12. The Morgan fingerprint density at radius 2 is 1.74 bits per heavy atom. The van der Waals surface area contributed by atoms with Crippen molar-refractivity contribution in [2.45, 2.75) is 12.1 Å². The number of fused-ring (bicyclic) bond motifs is 1. The molecule has 0 fully saturated rings. The van der Waals surface area contributed by atoms with E-state index in [-0.39, 0.29) is 22.8 Å². The lowest BCUT2D eigenvalue weighted by Gasteiger charge is -2.32. The molecule has 0 saturated heterocycles. The summed E-state index contributed by atoms with van der Waals surface area (Å²) < 4.78 is 44.9. The average Bonchev–Trinajstić information content (AvgIpc) is 2.74. The first kappa shape index (κ1) is 20.8. The van der Waals surface area contributed by atoms with Crippen molar-refractivity contribution < 1.29 is 27.5 Å². The minimum absolute atomic E-state index is 0.120. The molecule has 0 radical (unpaired) electrons. The van der Waals surface area contributed by atoms with Crippen molar-refractivity contribution in [3.05, 3.63) is 82.3 Å². The normalized spacial score (nSPS) is 16.3. The summed E-state index contributed by atoms with van der Waals surface area (Å²) in [4.78, 5) is 35.1. The van der Waals surface area contributed by atoms with Crippen LogP contribution < -0.4 is 9.64 Å². The van der Waals surface area contributed by atoms with E-state index in [1.807, 2.05) is 0 Å². The predicted octanol–water partition coefficient (Wildman–Crippen LogP) is 4.48. The van der Waals surface area contributed by atoms with Gasteiger partial charge in [-0.2, -0.15) is 13.2 Å². The number of hydrogen-bond acceptors (Lipinski definition) is 5. The fraction of sp³-hybridized carbons (Fsp3) is 0.143. The number of carbonyl (C=O) groups excluding carboxylic acids is 2. The van der Waals surface area contributed by atoms with Crippen molar-refractivity contribution >= 4 is 29.1 Å². The summed E-state index contributed by atoms with van der Waals surface area (Å²) in [6.45, 7) is 0. The van der Waals surface area contributed by atoms with E-state index in [4.69, 9.17) is 16.3 Å². The molecule has 1 aliphatic rings. The van der Waals surface area contributed by atoms with Crippen LogP contribution in [-0.2, 0) is 11.0 Å². The summed E-state index contributed by atoms with van der Waals surface area (Å²) in [5.74, 6) is -2.50. The van der Waals surface area contributed by atoms with E-state index in [2.05, 4.69) is 9.97 Å². The summed E-state index contributed by atoms with van der Waals surface area (Å²) in [7, 11) is 1.41. The number of ether oxygens (including phenoxy) is 1. The highest BCUT2D eigenvalue weighted by molar-refractivity contribution is 6.30. The van der Waals surface area contributed by atoms with Gasteiger partial charge < -0.3 is 4.74 Å². The minimum atomic E-state index is -4.68. The van der Waals surface area contributed by atoms with Gasteiger partial charge in [-0.05, 0) is 29.8 Å². The third kappa shape index (κ3) is 3.72. The number of methoxy groups -OCH3 is 1. The SMILES string of the molecule is COc1ccc(N2C(=O)c3ncc(C(F)(F)F)cc3C(c3ccc(Cl)cc3)C2=O)cn1. The molecule has 2 amide bonds. The van der Waals surface area contributed by atoms with Crippen molar-refractivity contribution in [3.8, 4) is 5.88 Å². The molecular weight excluding hydrogens is 435 g/mol. The molecular formula is C21H13ClF3N3O3. The number of rotatable bonds is 3. The number of alkyl halides is 3. The zero-order chi connectivity index (χ0) is 22.3. The second kappa shape index (κ2) is 7.66. The largest absolute Gasteiger partial charge is 0.481 e. The maximum absolute atomic E-state index is 13.4. The first-order chi connectivity index (χ1) is 14.7. The number of imide groups is 1. The Hall–Kier alpha value is -3.46. The summed E-state index contributed by atoms with van der Waals surface area (Å²) in [5, 5.41) is 0.390. The van der Waals surface area contributed by atoms with Gasteiger partial charge in [0.1, 0.15) is 5.69 Å². The predicted molar refractivity (Wildman–Crippen MR) is 105 cm³/mol. The first-order valence-corrected chi connectivity index (χ1v) is 9.29. The molecule has 10 heteroatoms. The highest BCUT2D eigenvalue weighted by atomic mass is 35.5.